The van der Waals surface area contributed by atoms with Crippen molar-refractivity contribution in [3.05, 3.63) is 0 Å². The molecule has 0 bridgehead atoms. The van der Waals surface area contributed by atoms with E-state index in [4.69, 9.17) is 5.11 Å². The van der Waals surface area contributed by atoms with Crippen LogP contribution in [0.4, 0.5) is 0 Å². The third-order valence-corrected chi connectivity index (χ3v) is 2.13. The van der Waals surface area contributed by atoms with Crippen molar-refractivity contribution in [1.82, 2.24) is 5.32 Å². The van der Waals surface area contributed by atoms with Crippen LogP contribution in [0.15, 0.2) is 0 Å². The van der Waals surface area contributed by atoms with Gasteiger partial charge < -0.3 is 10.4 Å². The molecule has 0 aromatic rings. The number of carbonyl (C=O) groups is 3. The van der Waals surface area contributed by atoms with Crippen LogP contribution in [0.1, 0.15) is 13.3 Å². The Morgan fingerprint density at radius 2 is 2.08 bits per heavy atom. The van der Waals surface area contributed by atoms with Gasteiger partial charge in [0, 0.05) is 13.3 Å². The Bertz CT molecular complexity index is 231. The number of thiol groups is 1. The minimum Gasteiger partial charge on any atom is -0.480 e. The van der Waals surface area contributed by atoms with E-state index in [1.165, 1.54) is 6.92 Å². The molecule has 0 aromatic heterocycles. The number of rotatable bonds is 4. The molecule has 0 aliphatic carbocycles. The fourth-order valence-corrected chi connectivity index (χ4v) is 1.11. The van der Waals surface area contributed by atoms with E-state index in [0.29, 0.717) is 10.8 Å². The smallest absolute Gasteiger partial charge is 0.326 e. The van der Waals surface area contributed by atoms with Gasteiger partial charge in [-0.25, -0.2) is 4.79 Å². The summed E-state index contributed by atoms with van der Waals surface area (Å²) < 4.78 is 0. The summed E-state index contributed by atoms with van der Waals surface area (Å²) in [5.74, 6) is -1.71. The lowest BCUT2D eigenvalue weighted by atomic mass is 10.2. The van der Waals surface area contributed by atoms with Gasteiger partial charge in [0.05, 0.1) is 0 Å². The fraction of sp³-hybridized carbons (Fsp3) is 0.500. The van der Waals surface area contributed by atoms with Crippen LogP contribution in [0, 0.1) is 0 Å². The van der Waals surface area contributed by atoms with Crippen molar-refractivity contribution in [1.29, 1.82) is 0 Å². The van der Waals surface area contributed by atoms with E-state index in [-0.39, 0.29) is 6.42 Å². The molecule has 1 atom stereocenters. The normalized spacial score (nSPS) is 11.8. The van der Waals surface area contributed by atoms with Crippen molar-refractivity contribution >= 4 is 39.4 Å². The molecule has 0 aromatic carbocycles. The monoisotopic (exact) mass is 223 g/mol. The minimum absolute atomic E-state index is 0.261. The van der Waals surface area contributed by atoms with Crippen LogP contribution in [-0.2, 0) is 14.4 Å². The number of hydrogen-bond acceptors (Lipinski definition) is 5. The molecule has 0 radical (unpaired) electrons. The van der Waals surface area contributed by atoms with Gasteiger partial charge in [-0.05, 0) is 10.8 Å². The molecule has 5 nitrogen and oxygen atoms in total. The molecule has 7 heteroatoms. The minimum atomic E-state index is -1.23. The first kappa shape index (κ1) is 12.3. The van der Waals surface area contributed by atoms with Crippen molar-refractivity contribution in [2.45, 2.75) is 19.4 Å². The predicted octanol–water partition coefficient (Wildman–Crippen LogP) is 0.0704. The van der Waals surface area contributed by atoms with E-state index in [0.717, 1.165) is 0 Å². The average molecular weight is 223 g/mol. The van der Waals surface area contributed by atoms with E-state index >= 15 is 0 Å². The molecule has 0 fully saturated rings. The lowest BCUT2D eigenvalue weighted by molar-refractivity contribution is -0.142. The summed E-state index contributed by atoms with van der Waals surface area (Å²) in [6.45, 7) is 1.19. The second-order valence-electron chi connectivity index (χ2n) is 2.26. The van der Waals surface area contributed by atoms with Gasteiger partial charge in [0.25, 0.3) is 0 Å². The number of aliphatic carboxylic acids is 1. The Hall–Kier alpha value is -0.690. The zero-order chi connectivity index (χ0) is 10.4. The van der Waals surface area contributed by atoms with Gasteiger partial charge in [-0.1, -0.05) is 0 Å². The van der Waals surface area contributed by atoms with Crippen molar-refractivity contribution in [3.8, 4) is 0 Å². The summed E-state index contributed by atoms with van der Waals surface area (Å²) in [5, 5.41) is 10.3. The second kappa shape index (κ2) is 5.87. The Kier molecular flexibility index (Phi) is 5.56. The molecular weight excluding hydrogens is 214 g/mol. The summed E-state index contributed by atoms with van der Waals surface area (Å²) in [5.41, 5.74) is 0. The lowest BCUT2D eigenvalue weighted by Crippen LogP contribution is -2.40. The number of nitrogens with one attached hydrogen (secondary N) is 1. The molecule has 0 saturated carbocycles. The van der Waals surface area contributed by atoms with Gasteiger partial charge in [0.1, 0.15) is 6.04 Å². The van der Waals surface area contributed by atoms with Crippen molar-refractivity contribution < 1.29 is 19.5 Å². The SMILES string of the molecule is CC(=O)NC(CC(=O)SS)C(=O)O. The van der Waals surface area contributed by atoms with E-state index in [2.05, 4.69) is 17.0 Å². The van der Waals surface area contributed by atoms with Crippen LogP contribution in [0.3, 0.4) is 0 Å². The maximum atomic E-state index is 10.8. The zero-order valence-electron chi connectivity index (χ0n) is 6.81. The van der Waals surface area contributed by atoms with E-state index in [9.17, 15) is 14.4 Å². The van der Waals surface area contributed by atoms with E-state index < -0.39 is 23.0 Å². The van der Waals surface area contributed by atoms with Crippen molar-refractivity contribution in [3.63, 3.8) is 0 Å². The standard InChI is InChI=1S/C6H9NO4S2/c1-3(8)7-4(6(10)11)2-5(9)13-12/h4,12H,2H2,1H3,(H,7,8)(H,10,11). The van der Waals surface area contributed by atoms with Gasteiger partial charge in [-0.2, -0.15) is 0 Å². The first-order valence-electron chi connectivity index (χ1n) is 3.31. The molecule has 1 amide bonds. The molecule has 2 N–H and O–H groups in total. The number of hydrogen-bond donors (Lipinski definition) is 3. The van der Waals surface area contributed by atoms with Gasteiger partial charge in [-0.15, -0.1) is 11.7 Å². The topological polar surface area (TPSA) is 83.5 Å². The highest BCUT2D eigenvalue weighted by atomic mass is 33.1. The predicted molar refractivity (Wildman–Crippen MR) is 51.4 cm³/mol. The number of carboxylic acids is 1. The molecule has 0 aliphatic heterocycles. The Labute approximate surface area is 84.1 Å². The maximum Gasteiger partial charge on any atom is 0.326 e. The van der Waals surface area contributed by atoms with Crippen molar-refractivity contribution in [2.75, 3.05) is 0 Å². The largest absolute Gasteiger partial charge is 0.480 e. The first-order chi connectivity index (χ1) is 5.97. The van der Waals surface area contributed by atoms with Crippen LogP contribution in [0.25, 0.3) is 0 Å². The van der Waals surface area contributed by atoms with Crippen LogP contribution < -0.4 is 5.32 Å². The molecule has 0 heterocycles. The molecule has 0 aliphatic rings. The number of carbonyl (C=O) groups excluding carboxylic acids is 2. The summed E-state index contributed by atoms with van der Waals surface area (Å²) in [7, 11) is 0.639. The molecule has 74 valence electrons. The zero-order valence-corrected chi connectivity index (χ0v) is 8.52. The third kappa shape index (κ3) is 5.53. The Morgan fingerprint density at radius 1 is 1.54 bits per heavy atom. The summed E-state index contributed by atoms with van der Waals surface area (Å²) in [6.07, 6.45) is -0.261. The van der Waals surface area contributed by atoms with E-state index in [1.807, 2.05) is 0 Å². The molecule has 0 saturated heterocycles. The van der Waals surface area contributed by atoms with Crippen LogP contribution >= 0.6 is 22.5 Å². The second-order valence-corrected chi connectivity index (χ2v) is 3.44. The molecular formula is C6H9NO4S2. The number of amides is 1. The Balaban J connectivity index is 4.18. The molecule has 1 unspecified atom stereocenters. The van der Waals surface area contributed by atoms with Gasteiger partial charge in [0.15, 0.2) is 0 Å². The molecule has 0 rings (SSSR count). The van der Waals surface area contributed by atoms with Crippen LogP contribution in [-0.4, -0.2) is 28.1 Å². The quantitative estimate of drug-likeness (QED) is 0.464. The highest BCUT2D eigenvalue weighted by molar-refractivity contribution is 8.74. The highest BCUT2D eigenvalue weighted by Gasteiger charge is 2.21. The molecule has 0 spiro atoms. The summed E-state index contributed by atoms with van der Waals surface area (Å²) in [6, 6.07) is -1.16. The maximum absolute atomic E-state index is 10.8. The van der Waals surface area contributed by atoms with Gasteiger partial charge in [0.2, 0.25) is 11.0 Å². The summed E-state index contributed by atoms with van der Waals surface area (Å²) in [4.78, 5) is 31.8. The van der Waals surface area contributed by atoms with Gasteiger partial charge >= 0.3 is 5.97 Å². The van der Waals surface area contributed by atoms with Crippen LogP contribution in [0.2, 0.25) is 0 Å². The van der Waals surface area contributed by atoms with Gasteiger partial charge in [-0.3, -0.25) is 9.59 Å². The average Bonchev–Trinajstić information content (AvgIpc) is 2.02. The Morgan fingerprint density at radius 3 is 2.38 bits per heavy atom. The van der Waals surface area contributed by atoms with Crippen molar-refractivity contribution in [2.24, 2.45) is 0 Å². The summed E-state index contributed by atoms with van der Waals surface area (Å²) >= 11 is 3.61. The van der Waals surface area contributed by atoms with Crippen LogP contribution in [0.5, 0.6) is 0 Å². The van der Waals surface area contributed by atoms with E-state index in [1.54, 1.807) is 0 Å². The fourth-order valence-electron chi connectivity index (χ4n) is 0.649. The molecule has 13 heavy (non-hydrogen) atoms. The first-order valence-corrected chi connectivity index (χ1v) is 5.18. The number of carboxylic acid groups (broad SMARTS) is 1. The lowest BCUT2D eigenvalue weighted by Gasteiger charge is -2.10. The highest BCUT2D eigenvalue weighted by Crippen LogP contribution is 2.11. The third-order valence-electron chi connectivity index (χ3n) is 1.15.